The van der Waals surface area contributed by atoms with Gasteiger partial charge in [0.05, 0.1) is 0 Å². The summed E-state index contributed by atoms with van der Waals surface area (Å²) in [6.07, 6.45) is -1.35. The van der Waals surface area contributed by atoms with Crippen LogP contribution in [0.15, 0.2) is 72.8 Å². The van der Waals surface area contributed by atoms with Crippen LogP contribution in [0.3, 0.4) is 0 Å². The second kappa shape index (κ2) is 5.70. The van der Waals surface area contributed by atoms with Crippen LogP contribution in [-0.4, -0.2) is 21.3 Å². The smallest absolute Gasteiger partial charge is 0.419 e. The van der Waals surface area contributed by atoms with Gasteiger partial charge < -0.3 is 4.74 Å². The first-order valence-electron chi connectivity index (χ1n) is 8.19. The van der Waals surface area contributed by atoms with Crippen molar-refractivity contribution < 1.29 is 14.4 Å². The van der Waals surface area contributed by atoms with Gasteiger partial charge in [-0.1, -0.05) is 65.5 Å². The van der Waals surface area contributed by atoms with Crippen molar-refractivity contribution in [2.75, 3.05) is 0 Å². The van der Waals surface area contributed by atoms with E-state index >= 15 is 0 Å². The predicted octanol–water partition coefficient (Wildman–Crippen LogP) is 3.77. The molecule has 0 saturated carbocycles. The van der Waals surface area contributed by atoms with E-state index in [0.29, 0.717) is 11.0 Å². The van der Waals surface area contributed by atoms with E-state index in [-0.39, 0.29) is 0 Å². The SMILES string of the molecule is O=C(OC1c2ccccc2-c2ccccc21)On1nnc2ccccc21. The number of hydrogen-bond donors (Lipinski definition) is 0. The summed E-state index contributed by atoms with van der Waals surface area (Å²) in [4.78, 5) is 18.7. The van der Waals surface area contributed by atoms with Gasteiger partial charge in [-0.25, -0.2) is 4.79 Å². The lowest BCUT2D eigenvalue weighted by atomic mass is 10.1. The lowest BCUT2D eigenvalue weighted by molar-refractivity contribution is 0.0225. The molecular formula is C20H13N3O3. The van der Waals surface area contributed by atoms with E-state index in [9.17, 15) is 4.79 Å². The molecule has 0 N–H and O–H groups in total. The largest absolute Gasteiger partial charge is 0.536 e. The van der Waals surface area contributed by atoms with Crippen LogP contribution in [0.25, 0.3) is 22.2 Å². The number of ether oxygens (including phenoxy) is 1. The van der Waals surface area contributed by atoms with Crippen molar-refractivity contribution in [3.8, 4) is 11.1 Å². The Morgan fingerprint density at radius 1 is 0.846 bits per heavy atom. The molecule has 0 aliphatic heterocycles. The van der Waals surface area contributed by atoms with Crippen molar-refractivity contribution in [2.24, 2.45) is 0 Å². The summed E-state index contributed by atoms with van der Waals surface area (Å²) < 4.78 is 5.64. The van der Waals surface area contributed by atoms with Crippen molar-refractivity contribution >= 4 is 17.2 Å². The van der Waals surface area contributed by atoms with Crippen molar-refractivity contribution in [3.63, 3.8) is 0 Å². The first-order valence-corrected chi connectivity index (χ1v) is 8.19. The molecule has 0 bridgehead atoms. The fourth-order valence-corrected chi connectivity index (χ4v) is 3.34. The standard InChI is InChI=1S/C20H13N3O3/c24-20(26-23-18-12-6-5-11-17(18)21-22-23)25-19-15-9-3-1-7-13(15)14-8-2-4-10-16(14)19/h1-12,19H. The Kier molecular flexibility index (Phi) is 3.21. The van der Waals surface area contributed by atoms with Gasteiger partial charge in [-0.2, -0.15) is 0 Å². The third-order valence-corrected chi connectivity index (χ3v) is 4.47. The van der Waals surface area contributed by atoms with E-state index in [4.69, 9.17) is 9.57 Å². The lowest BCUT2D eigenvalue weighted by Gasteiger charge is -2.14. The Morgan fingerprint density at radius 2 is 1.46 bits per heavy atom. The van der Waals surface area contributed by atoms with Crippen LogP contribution in [0.2, 0.25) is 0 Å². The first kappa shape index (κ1) is 14.7. The summed E-state index contributed by atoms with van der Waals surface area (Å²) in [6.45, 7) is 0. The number of carbonyl (C=O) groups is 1. The lowest BCUT2D eigenvalue weighted by Crippen LogP contribution is -2.23. The van der Waals surface area contributed by atoms with Crippen LogP contribution in [0, 0.1) is 0 Å². The van der Waals surface area contributed by atoms with E-state index in [2.05, 4.69) is 10.3 Å². The Morgan fingerprint density at radius 3 is 2.19 bits per heavy atom. The minimum Gasteiger partial charge on any atom is -0.419 e. The Labute approximate surface area is 148 Å². The Bertz CT molecular complexity index is 1090. The summed E-state index contributed by atoms with van der Waals surface area (Å²) >= 11 is 0. The number of benzene rings is 3. The minimum atomic E-state index is -0.836. The number of nitrogens with zero attached hydrogens (tertiary/aromatic N) is 3. The number of hydrogen-bond acceptors (Lipinski definition) is 5. The second-order valence-corrected chi connectivity index (χ2v) is 5.96. The first-order chi connectivity index (χ1) is 12.8. The normalized spacial score (nSPS) is 12.6. The number of carbonyl (C=O) groups excluding carboxylic acids is 1. The van der Waals surface area contributed by atoms with Crippen LogP contribution in [0.5, 0.6) is 0 Å². The fourth-order valence-electron chi connectivity index (χ4n) is 3.34. The maximum absolute atomic E-state index is 12.4. The molecule has 0 amide bonds. The van der Waals surface area contributed by atoms with Crippen LogP contribution in [0.4, 0.5) is 4.79 Å². The van der Waals surface area contributed by atoms with Gasteiger partial charge in [0.2, 0.25) is 0 Å². The van der Waals surface area contributed by atoms with Gasteiger partial charge in [0.15, 0.2) is 6.10 Å². The summed E-state index contributed by atoms with van der Waals surface area (Å²) in [5.74, 6) is 0. The van der Waals surface area contributed by atoms with Gasteiger partial charge >= 0.3 is 6.16 Å². The summed E-state index contributed by atoms with van der Waals surface area (Å²) in [7, 11) is 0. The molecule has 0 atom stereocenters. The van der Waals surface area contributed by atoms with Crippen molar-refractivity contribution in [2.45, 2.75) is 6.10 Å². The molecule has 1 heterocycles. The molecule has 0 spiro atoms. The number of para-hydroxylation sites is 1. The Hall–Kier alpha value is -3.67. The third kappa shape index (κ3) is 2.23. The highest BCUT2D eigenvalue weighted by atomic mass is 16.8. The summed E-state index contributed by atoms with van der Waals surface area (Å²) in [5, 5.41) is 7.80. The van der Waals surface area contributed by atoms with Crippen molar-refractivity contribution in [3.05, 3.63) is 83.9 Å². The molecule has 3 aromatic carbocycles. The van der Waals surface area contributed by atoms with Crippen LogP contribution >= 0.6 is 0 Å². The van der Waals surface area contributed by atoms with Gasteiger partial charge in [-0.15, -0.1) is 5.10 Å². The van der Waals surface area contributed by atoms with Gasteiger partial charge in [-0.3, -0.25) is 4.84 Å². The van der Waals surface area contributed by atoms with Crippen LogP contribution < -0.4 is 4.84 Å². The number of rotatable bonds is 2. The molecule has 0 saturated heterocycles. The quantitative estimate of drug-likeness (QED) is 0.409. The molecule has 26 heavy (non-hydrogen) atoms. The van der Waals surface area contributed by atoms with Gasteiger partial charge in [0, 0.05) is 11.1 Å². The maximum Gasteiger partial charge on any atom is 0.536 e. The van der Waals surface area contributed by atoms with Crippen LogP contribution in [-0.2, 0) is 4.74 Å². The van der Waals surface area contributed by atoms with Gasteiger partial charge in [0.1, 0.15) is 11.0 Å². The highest BCUT2D eigenvalue weighted by Gasteiger charge is 2.32. The molecule has 1 aromatic heterocycles. The second-order valence-electron chi connectivity index (χ2n) is 5.96. The molecule has 126 valence electrons. The topological polar surface area (TPSA) is 66.2 Å². The molecule has 4 aromatic rings. The van der Waals surface area contributed by atoms with E-state index in [1.165, 1.54) is 0 Å². The minimum absolute atomic E-state index is 0.510. The van der Waals surface area contributed by atoms with Crippen molar-refractivity contribution in [1.82, 2.24) is 15.2 Å². The van der Waals surface area contributed by atoms with E-state index in [1.54, 1.807) is 12.1 Å². The molecule has 1 aliphatic rings. The zero-order valence-corrected chi connectivity index (χ0v) is 13.6. The molecule has 6 nitrogen and oxygen atoms in total. The zero-order valence-electron chi connectivity index (χ0n) is 13.6. The Balaban J connectivity index is 1.45. The highest BCUT2D eigenvalue weighted by Crippen LogP contribution is 2.45. The number of fused-ring (bicyclic) bond motifs is 4. The maximum atomic E-state index is 12.4. The molecule has 0 fully saturated rings. The molecule has 0 unspecified atom stereocenters. The predicted molar refractivity (Wildman–Crippen MR) is 94.3 cm³/mol. The van der Waals surface area contributed by atoms with E-state index < -0.39 is 12.3 Å². The highest BCUT2D eigenvalue weighted by molar-refractivity contribution is 5.79. The third-order valence-electron chi connectivity index (χ3n) is 4.47. The molecule has 0 radical (unpaired) electrons. The van der Waals surface area contributed by atoms with Crippen LogP contribution in [0.1, 0.15) is 17.2 Å². The molecule has 5 rings (SSSR count). The summed E-state index contributed by atoms with van der Waals surface area (Å²) in [5.41, 5.74) is 5.23. The van der Waals surface area contributed by atoms with Gasteiger partial charge in [-0.05, 0) is 28.5 Å². The number of aromatic nitrogens is 3. The monoisotopic (exact) mass is 343 g/mol. The average Bonchev–Trinajstić information content (AvgIpc) is 3.22. The van der Waals surface area contributed by atoms with Gasteiger partial charge in [0.25, 0.3) is 0 Å². The van der Waals surface area contributed by atoms with Crippen molar-refractivity contribution in [1.29, 1.82) is 0 Å². The zero-order chi connectivity index (χ0) is 17.5. The molecule has 6 heteroatoms. The van der Waals surface area contributed by atoms with E-state index in [1.807, 2.05) is 60.7 Å². The molecule has 1 aliphatic carbocycles. The average molecular weight is 343 g/mol. The van der Waals surface area contributed by atoms with E-state index in [0.717, 1.165) is 27.1 Å². The fraction of sp³-hybridized carbons (Fsp3) is 0.0500. The summed E-state index contributed by atoms with van der Waals surface area (Å²) in [6, 6.07) is 23.0. The molecular weight excluding hydrogens is 330 g/mol.